The molecule has 2 aliphatic heterocycles. The van der Waals surface area contributed by atoms with Gasteiger partial charge >= 0.3 is 0 Å². The molecule has 0 radical (unpaired) electrons. The highest BCUT2D eigenvalue weighted by molar-refractivity contribution is 5.99. The minimum absolute atomic E-state index is 0.102. The maximum atomic E-state index is 12.3. The number of carbonyl (C=O) groups excluding carboxylic acids is 1. The molecule has 0 atom stereocenters. The molecule has 148 valence electrons. The van der Waals surface area contributed by atoms with Crippen LogP contribution in [0.15, 0.2) is 28.7 Å². The Kier molecular flexibility index (Phi) is 3.60. The highest BCUT2D eigenvalue weighted by Gasteiger charge is 2.28. The van der Waals surface area contributed by atoms with Gasteiger partial charge in [-0.25, -0.2) is 0 Å². The molecular weight excluding hydrogens is 362 g/mol. The molecule has 1 saturated carbocycles. The van der Waals surface area contributed by atoms with Gasteiger partial charge in [-0.15, -0.1) is 0 Å². The Morgan fingerprint density at radius 3 is 2.90 bits per heavy atom. The zero-order chi connectivity index (χ0) is 19.7. The van der Waals surface area contributed by atoms with Gasteiger partial charge in [-0.1, -0.05) is 0 Å². The average molecular weight is 387 g/mol. The monoisotopic (exact) mass is 387 g/mol. The van der Waals surface area contributed by atoms with Crippen LogP contribution < -0.4 is 5.32 Å². The van der Waals surface area contributed by atoms with Crippen LogP contribution in [-0.2, 0) is 19.5 Å². The maximum absolute atomic E-state index is 12.3. The fourth-order valence-corrected chi connectivity index (χ4v) is 4.85. The second-order valence-corrected chi connectivity index (χ2v) is 8.83. The number of rotatable bonds is 3. The Morgan fingerprint density at radius 1 is 1.21 bits per heavy atom. The lowest BCUT2D eigenvalue weighted by Gasteiger charge is -2.25. The van der Waals surface area contributed by atoms with E-state index in [1.54, 1.807) is 6.07 Å². The minimum Gasteiger partial charge on any atom is -0.451 e. The Morgan fingerprint density at radius 2 is 2.07 bits per heavy atom. The molecule has 5 heteroatoms. The van der Waals surface area contributed by atoms with Crippen molar-refractivity contribution in [2.75, 3.05) is 13.6 Å². The summed E-state index contributed by atoms with van der Waals surface area (Å²) < 4.78 is 8.47. The lowest BCUT2D eigenvalue weighted by Crippen LogP contribution is -2.27. The predicted octanol–water partition coefficient (Wildman–Crippen LogP) is 3.98. The fraction of sp³-hybridized carbons (Fsp3) is 0.375. The van der Waals surface area contributed by atoms with Gasteiger partial charge in [-0.3, -0.25) is 4.79 Å². The van der Waals surface area contributed by atoms with E-state index in [1.165, 1.54) is 33.3 Å². The molecule has 1 fully saturated rings. The van der Waals surface area contributed by atoms with Crippen molar-refractivity contribution in [2.45, 2.75) is 45.3 Å². The number of fused-ring (bicyclic) bond motifs is 3. The second kappa shape index (κ2) is 6.10. The van der Waals surface area contributed by atoms with E-state index < -0.39 is 0 Å². The summed E-state index contributed by atoms with van der Waals surface area (Å²) in [6, 6.07) is 8.67. The van der Waals surface area contributed by atoms with Crippen LogP contribution in [0.25, 0.3) is 22.6 Å². The number of nitrogens with one attached hydrogen (secondary N) is 1. The Hall–Kier alpha value is -2.79. The summed E-state index contributed by atoms with van der Waals surface area (Å²) in [4.78, 5) is 14.7. The van der Waals surface area contributed by atoms with Crippen molar-refractivity contribution in [3.8, 4) is 0 Å². The number of benzene rings is 1. The summed E-state index contributed by atoms with van der Waals surface area (Å²) in [5.74, 6) is 1.10. The number of nitrogens with zero attached hydrogens (tertiary/aromatic N) is 2. The number of carbonyl (C=O) groups is 1. The number of allylic oxidation sites excluding steroid dienone is 1. The van der Waals surface area contributed by atoms with Gasteiger partial charge in [0.15, 0.2) is 5.76 Å². The molecule has 1 aromatic carbocycles. The molecule has 0 spiro atoms. The molecule has 1 aliphatic carbocycles. The summed E-state index contributed by atoms with van der Waals surface area (Å²) in [6.45, 7) is 5.05. The number of amides is 1. The van der Waals surface area contributed by atoms with Gasteiger partial charge in [0.1, 0.15) is 5.76 Å². The Balaban J connectivity index is 1.42. The number of aromatic nitrogens is 1. The number of hydrogen-bond acceptors (Lipinski definition) is 3. The van der Waals surface area contributed by atoms with E-state index in [9.17, 15) is 4.79 Å². The summed E-state index contributed by atoms with van der Waals surface area (Å²) in [6.07, 6.45) is 5.46. The quantitative estimate of drug-likeness (QED) is 0.740. The first kappa shape index (κ1) is 17.1. The van der Waals surface area contributed by atoms with Crippen LogP contribution in [0.2, 0.25) is 0 Å². The van der Waals surface area contributed by atoms with Crippen LogP contribution in [0, 0.1) is 6.92 Å². The van der Waals surface area contributed by atoms with E-state index in [0.29, 0.717) is 11.8 Å². The van der Waals surface area contributed by atoms with E-state index in [4.69, 9.17) is 4.42 Å². The van der Waals surface area contributed by atoms with Gasteiger partial charge in [0.2, 0.25) is 0 Å². The average Bonchev–Trinajstić information content (AvgIpc) is 3.27. The standard InChI is InChI=1S/C24H25N3O2/c1-14-9-15-11-16(21-5-6-22(29-21)24(28)25-17-3-4-17)12-27-20-7-8-26(2)13-19(20)18(10-14)23(15)27/h5-6,9-11,17H,3-4,7-8,12-13H2,1-2H3,(H,25,28). The Labute approximate surface area is 170 Å². The molecule has 3 aromatic rings. The molecule has 3 aliphatic rings. The topological polar surface area (TPSA) is 50.4 Å². The van der Waals surface area contributed by atoms with E-state index in [-0.39, 0.29) is 5.91 Å². The molecule has 1 amide bonds. The summed E-state index contributed by atoms with van der Waals surface area (Å²) in [7, 11) is 2.20. The molecule has 5 nitrogen and oxygen atoms in total. The zero-order valence-corrected chi connectivity index (χ0v) is 16.9. The van der Waals surface area contributed by atoms with Crippen molar-refractivity contribution in [3.05, 3.63) is 58.2 Å². The highest BCUT2D eigenvalue weighted by Crippen LogP contribution is 2.39. The van der Waals surface area contributed by atoms with Gasteiger partial charge < -0.3 is 19.2 Å². The van der Waals surface area contributed by atoms with Crippen molar-refractivity contribution in [1.29, 1.82) is 0 Å². The van der Waals surface area contributed by atoms with Gasteiger partial charge in [-0.05, 0) is 73.8 Å². The SMILES string of the molecule is Cc1cc2c3c(c1)c1c(n3CC(c3ccc(C(=O)NC4CC4)o3)=C2)CCN(C)C1. The molecule has 6 rings (SSSR count). The van der Waals surface area contributed by atoms with Crippen LogP contribution in [0.1, 0.15) is 51.5 Å². The smallest absolute Gasteiger partial charge is 0.287 e. The molecule has 0 unspecified atom stereocenters. The predicted molar refractivity (Wildman–Crippen MR) is 114 cm³/mol. The normalized spacial score (nSPS) is 18.6. The number of furan rings is 1. The molecule has 2 aromatic heterocycles. The Bertz CT molecular complexity index is 1190. The van der Waals surface area contributed by atoms with Crippen LogP contribution in [-0.4, -0.2) is 35.0 Å². The first-order valence-electron chi connectivity index (χ1n) is 10.5. The molecule has 0 bridgehead atoms. The van der Waals surface area contributed by atoms with Gasteiger partial charge in [0.25, 0.3) is 5.91 Å². The van der Waals surface area contributed by atoms with Crippen molar-refractivity contribution in [3.63, 3.8) is 0 Å². The van der Waals surface area contributed by atoms with Crippen molar-refractivity contribution in [2.24, 2.45) is 0 Å². The number of hydrogen-bond donors (Lipinski definition) is 1. The van der Waals surface area contributed by atoms with E-state index >= 15 is 0 Å². The highest BCUT2D eigenvalue weighted by atomic mass is 16.4. The second-order valence-electron chi connectivity index (χ2n) is 8.83. The van der Waals surface area contributed by atoms with Crippen LogP contribution in [0.3, 0.4) is 0 Å². The van der Waals surface area contributed by atoms with Crippen molar-refractivity contribution >= 4 is 28.5 Å². The minimum atomic E-state index is -0.102. The van der Waals surface area contributed by atoms with Gasteiger partial charge in [0, 0.05) is 42.2 Å². The largest absolute Gasteiger partial charge is 0.451 e. The summed E-state index contributed by atoms with van der Waals surface area (Å²) in [5.41, 5.74) is 7.93. The lowest BCUT2D eigenvalue weighted by molar-refractivity contribution is 0.0923. The number of likely N-dealkylation sites (N-methyl/N-ethyl adjacent to an activating group) is 1. The first-order chi connectivity index (χ1) is 14.1. The van der Waals surface area contributed by atoms with Crippen LogP contribution in [0.5, 0.6) is 0 Å². The molecule has 4 heterocycles. The van der Waals surface area contributed by atoms with Gasteiger partial charge in [0.05, 0.1) is 12.1 Å². The summed E-state index contributed by atoms with van der Waals surface area (Å²) in [5, 5.41) is 4.39. The zero-order valence-electron chi connectivity index (χ0n) is 16.9. The fourth-order valence-electron chi connectivity index (χ4n) is 4.85. The van der Waals surface area contributed by atoms with Crippen molar-refractivity contribution in [1.82, 2.24) is 14.8 Å². The van der Waals surface area contributed by atoms with Gasteiger partial charge in [-0.2, -0.15) is 0 Å². The molecule has 0 saturated heterocycles. The van der Waals surface area contributed by atoms with Crippen LogP contribution >= 0.6 is 0 Å². The van der Waals surface area contributed by atoms with E-state index in [1.807, 2.05) is 6.07 Å². The van der Waals surface area contributed by atoms with Crippen molar-refractivity contribution < 1.29 is 9.21 Å². The third-order valence-corrected chi connectivity index (χ3v) is 6.43. The van der Waals surface area contributed by atoms with E-state index in [2.05, 4.69) is 47.0 Å². The molecule has 29 heavy (non-hydrogen) atoms. The maximum Gasteiger partial charge on any atom is 0.287 e. The van der Waals surface area contributed by atoms with E-state index in [0.717, 1.165) is 50.2 Å². The van der Waals surface area contributed by atoms with Crippen LogP contribution in [0.4, 0.5) is 0 Å². The summed E-state index contributed by atoms with van der Waals surface area (Å²) >= 11 is 0. The third kappa shape index (κ3) is 2.76. The lowest BCUT2D eigenvalue weighted by atomic mass is 9.99. The first-order valence-corrected chi connectivity index (χ1v) is 10.5. The molecule has 1 N–H and O–H groups in total. The number of aryl methyl sites for hydroxylation is 1. The molecular formula is C24H25N3O2. The third-order valence-electron chi connectivity index (χ3n) is 6.43.